The number of rotatable bonds is 9. The number of amides is 1. The molecule has 9 heteroatoms. The number of oxime groups is 1. The smallest absolute Gasteiger partial charge is 0.311 e. The van der Waals surface area contributed by atoms with Gasteiger partial charge in [0.05, 0.1) is 31.5 Å². The summed E-state index contributed by atoms with van der Waals surface area (Å²) in [7, 11) is 1.60. The van der Waals surface area contributed by atoms with E-state index in [-0.39, 0.29) is 19.0 Å². The number of esters is 1. The fourth-order valence-electron chi connectivity index (χ4n) is 2.03. The molecule has 0 aliphatic carbocycles. The van der Waals surface area contributed by atoms with Gasteiger partial charge in [-0.1, -0.05) is 5.16 Å². The van der Waals surface area contributed by atoms with Crippen molar-refractivity contribution in [3.63, 3.8) is 0 Å². The molecule has 0 spiro atoms. The van der Waals surface area contributed by atoms with Gasteiger partial charge in [-0.3, -0.25) is 14.9 Å². The van der Waals surface area contributed by atoms with Crippen LogP contribution in [0.1, 0.15) is 25.1 Å². The maximum absolute atomic E-state index is 11.9. The molecule has 2 aromatic rings. The fourth-order valence-corrected chi connectivity index (χ4v) is 2.76. The Bertz CT molecular complexity index is 802. The number of nitrogens with zero attached hydrogens (tertiary/aromatic N) is 2. The van der Waals surface area contributed by atoms with Gasteiger partial charge in [0.15, 0.2) is 11.7 Å². The Morgan fingerprint density at radius 2 is 2.00 bits per heavy atom. The molecular weight excluding hydrogens is 370 g/mol. The molecule has 0 atom stereocenters. The van der Waals surface area contributed by atoms with Gasteiger partial charge >= 0.3 is 5.97 Å². The molecule has 0 radical (unpaired) electrons. The number of thiazole rings is 1. The van der Waals surface area contributed by atoms with E-state index in [4.69, 9.17) is 14.3 Å². The Morgan fingerprint density at radius 3 is 2.67 bits per heavy atom. The maximum Gasteiger partial charge on any atom is 0.311 e. The first-order valence-electron chi connectivity index (χ1n) is 8.22. The van der Waals surface area contributed by atoms with Crippen molar-refractivity contribution in [1.29, 1.82) is 0 Å². The summed E-state index contributed by atoms with van der Waals surface area (Å²) in [5.41, 5.74) is 2.04. The zero-order chi connectivity index (χ0) is 19.6. The van der Waals surface area contributed by atoms with Gasteiger partial charge in [-0.15, -0.1) is 11.3 Å². The number of benzene rings is 1. The van der Waals surface area contributed by atoms with E-state index in [1.54, 1.807) is 26.3 Å². The molecule has 0 fully saturated rings. The second-order valence-electron chi connectivity index (χ2n) is 5.35. The summed E-state index contributed by atoms with van der Waals surface area (Å²) in [4.78, 5) is 32.6. The lowest BCUT2D eigenvalue weighted by Crippen LogP contribution is -2.17. The van der Waals surface area contributed by atoms with Crippen LogP contribution in [-0.2, 0) is 25.6 Å². The topological polar surface area (TPSA) is 99.1 Å². The summed E-state index contributed by atoms with van der Waals surface area (Å²) in [5.74, 6) is 0.00305. The number of aromatic nitrogens is 1. The molecule has 27 heavy (non-hydrogen) atoms. The molecule has 0 saturated heterocycles. The highest BCUT2D eigenvalue weighted by atomic mass is 32.1. The molecule has 0 saturated carbocycles. The largest absolute Gasteiger partial charge is 0.497 e. The molecule has 8 nitrogen and oxygen atoms in total. The Labute approximate surface area is 161 Å². The highest BCUT2D eigenvalue weighted by Crippen LogP contribution is 2.16. The molecular formula is C18H21N3O5S. The first-order valence-corrected chi connectivity index (χ1v) is 9.10. The number of anilines is 1. The normalized spacial score (nSPS) is 11.0. The van der Waals surface area contributed by atoms with Gasteiger partial charge in [0.2, 0.25) is 0 Å². The average molecular weight is 391 g/mol. The second kappa shape index (κ2) is 10.3. The van der Waals surface area contributed by atoms with Crippen LogP contribution in [0.15, 0.2) is 34.8 Å². The van der Waals surface area contributed by atoms with Crippen LogP contribution in [0.3, 0.4) is 0 Å². The van der Waals surface area contributed by atoms with E-state index < -0.39 is 5.91 Å². The molecule has 0 bridgehead atoms. The van der Waals surface area contributed by atoms with E-state index in [0.29, 0.717) is 23.1 Å². The van der Waals surface area contributed by atoms with Crippen LogP contribution in [-0.4, -0.2) is 42.9 Å². The van der Waals surface area contributed by atoms with Crippen molar-refractivity contribution in [3.05, 3.63) is 40.9 Å². The van der Waals surface area contributed by atoms with E-state index in [2.05, 4.69) is 15.5 Å². The van der Waals surface area contributed by atoms with E-state index in [1.165, 1.54) is 11.3 Å². The minimum atomic E-state index is -0.390. The zero-order valence-corrected chi connectivity index (χ0v) is 16.2. The van der Waals surface area contributed by atoms with Crippen molar-refractivity contribution in [2.24, 2.45) is 5.16 Å². The monoisotopic (exact) mass is 391 g/mol. The van der Waals surface area contributed by atoms with Crippen molar-refractivity contribution in [2.75, 3.05) is 25.6 Å². The van der Waals surface area contributed by atoms with Crippen LogP contribution in [0.5, 0.6) is 5.75 Å². The maximum atomic E-state index is 11.9. The van der Waals surface area contributed by atoms with Crippen LogP contribution < -0.4 is 10.1 Å². The highest BCUT2D eigenvalue weighted by molar-refractivity contribution is 7.13. The van der Waals surface area contributed by atoms with Crippen molar-refractivity contribution in [2.45, 2.75) is 20.3 Å². The van der Waals surface area contributed by atoms with Crippen molar-refractivity contribution >= 4 is 34.1 Å². The lowest BCUT2D eigenvalue weighted by atomic mass is 10.1. The molecule has 1 aromatic carbocycles. The molecule has 144 valence electrons. The number of carbonyl (C=O) groups excluding carboxylic acids is 2. The summed E-state index contributed by atoms with van der Waals surface area (Å²) in [6, 6.07) is 7.33. The van der Waals surface area contributed by atoms with Crippen LogP contribution >= 0.6 is 11.3 Å². The molecule has 0 unspecified atom stereocenters. The third-order valence-corrected chi connectivity index (χ3v) is 4.14. The van der Waals surface area contributed by atoms with Crippen LogP contribution in [0.25, 0.3) is 0 Å². The molecule has 0 aliphatic heterocycles. The molecule has 1 N–H and O–H groups in total. The lowest BCUT2D eigenvalue weighted by molar-refractivity contribution is -0.142. The first kappa shape index (κ1) is 20.4. The second-order valence-corrected chi connectivity index (χ2v) is 6.21. The van der Waals surface area contributed by atoms with E-state index >= 15 is 0 Å². The number of nitrogens with one attached hydrogen (secondary N) is 1. The van der Waals surface area contributed by atoms with Crippen LogP contribution in [0.4, 0.5) is 5.13 Å². The van der Waals surface area contributed by atoms with Crippen molar-refractivity contribution < 1.29 is 23.9 Å². The lowest BCUT2D eigenvalue weighted by Gasteiger charge is -2.04. The van der Waals surface area contributed by atoms with Gasteiger partial charge in [0.25, 0.3) is 5.91 Å². The Hall–Kier alpha value is -2.94. The quantitative estimate of drug-likeness (QED) is 0.401. The first-order chi connectivity index (χ1) is 13.0. The SMILES string of the molecule is CCOC(=O)Cc1csc(NC(=O)CO/N=C(/C)c2ccc(OC)cc2)n1. The van der Waals surface area contributed by atoms with E-state index in [1.807, 2.05) is 24.3 Å². The predicted molar refractivity (Wildman–Crippen MR) is 102 cm³/mol. The van der Waals surface area contributed by atoms with Gasteiger partial charge in [-0.25, -0.2) is 4.98 Å². The molecule has 0 aliphatic rings. The summed E-state index contributed by atoms with van der Waals surface area (Å²) < 4.78 is 9.96. The third-order valence-electron chi connectivity index (χ3n) is 3.33. The Balaban J connectivity index is 1.80. The Morgan fingerprint density at radius 1 is 1.26 bits per heavy atom. The number of carbonyl (C=O) groups is 2. The zero-order valence-electron chi connectivity index (χ0n) is 15.4. The van der Waals surface area contributed by atoms with Crippen molar-refractivity contribution in [3.8, 4) is 5.75 Å². The molecule has 2 rings (SSSR count). The average Bonchev–Trinajstić information content (AvgIpc) is 3.08. The predicted octanol–water partition coefficient (Wildman–Crippen LogP) is 2.64. The number of ether oxygens (including phenoxy) is 2. The summed E-state index contributed by atoms with van der Waals surface area (Å²) in [5, 5.41) is 8.62. The van der Waals surface area contributed by atoms with Gasteiger partial charge in [-0.05, 0) is 43.7 Å². The number of hydrogen-bond donors (Lipinski definition) is 1. The van der Waals surface area contributed by atoms with Gasteiger partial charge in [-0.2, -0.15) is 0 Å². The minimum absolute atomic E-state index is 0.0715. The van der Waals surface area contributed by atoms with E-state index in [0.717, 1.165) is 11.3 Å². The highest BCUT2D eigenvalue weighted by Gasteiger charge is 2.11. The Kier molecular flexibility index (Phi) is 7.75. The minimum Gasteiger partial charge on any atom is -0.497 e. The third kappa shape index (κ3) is 6.70. The molecule has 1 amide bonds. The van der Waals surface area contributed by atoms with Gasteiger partial charge in [0, 0.05) is 5.38 Å². The van der Waals surface area contributed by atoms with E-state index in [9.17, 15) is 9.59 Å². The summed E-state index contributed by atoms with van der Waals surface area (Å²) in [6.45, 7) is 3.59. The van der Waals surface area contributed by atoms with Gasteiger partial charge < -0.3 is 14.3 Å². The van der Waals surface area contributed by atoms with Crippen molar-refractivity contribution in [1.82, 2.24) is 4.98 Å². The molecule has 1 heterocycles. The standard InChI is InChI=1S/C18H21N3O5S/c1-4-25-17(23)9-14-11-27-18(19-14)20-16(22)10-26-21-12(2)13-5-7-15(24-3)8-6-13/h5-8,11H,4,9-10H2,1-3H3,(H,19,20,22)/b21-12-. The molecule has 1 aromatic heterocycles. The summed E-state index contributed by atoms with van der Waals surface area (Å²) in [6.07, 6.45) is 0.0715. The fraction of sp³-hybridized carbons (Fsp3) is 0.333. The van der Waals surface area contributed by atoms with Crippen LogP contribution in [0.2, 0.25) is 0 Å². The number of hydrogen-bond acceptors (Lipinski definition) is 8. The van der Waals surface area contributed by atoms with Gasteiger partial charge in [0.1, 0.15) is 5.75 Å². The number of methoxy groups -OCH3 is 1. The summed E-state index contributed by atoms with van der Waals surface area (Å²) >= 11 is 1.22. The van der Waals surface area contributed by atoms with Crippen LogP contribution in [0, 0.1) is 0 Å².